The summed E-state index contributed by atoms with van der Waals surface area (Å²) in [4.78, 5) is 26.6. The van der Waals surface area contributed by atoms with E-state index in [1.165, 1.54) is 0 Å². The first-order valence-corrected chi connectivity index (χ1v) is 11.3. The van der Waals surface area contributed by atoms with Crippen molar-refractivity contribution in [3.8, 4) is 0 Å². The van der Waals surface area contributed by atoms with Gasteiger partial charge in [-0.2, -0.15) is 0 Å². The fourth-order valence-corrected chi connectivity index (χ4v) is 5.73. The number of carbonyl (C=O) groups is 1. The number of fused-ring (bicyclic) bond motifs is 2. The summed E-state index contributed by atoms with van der Waals surface area (Å²) in [5, 5.41) is 1.09. The molecule has 2 atom stereocenters. The molecule has 0 aromatic carbocycles. The van der Waals surface area contributed by atoms with Crippen LogP contribution >= 0.6 is 8.58 Å². The average molecular weight is 407 g/mol. The van der Waals surface area contributed by atoms with Gasteiger partial charge in [-0.1, -0.05) is 8.58 Å². The maximum Gasteiger partial charge on any atom is 0.252 e. The molecule has 0 radical (unpaired) electrons. The van der Waals surface area contributed by atoms with Crippen LogP contribution in [-0.2, 0) is 4.79 Å². The number of aryl methyl sites for hydroxylation is 2. The van der Waals surface area contributed by atoms with Crippen molar-refractivity contribution in [2.75, 3.05) is 20.1 Å². The Hall–Kier alpha value is -2.30. The van der Waals surface area contributed by atoms with E-state index >= 15 is 0 Å². The number of nitrogens with zero attached hydrogens (tertiary/aromatic N) is 5. The lowest BCUT2D eigenvalue weighted by Crippen LogP contribution is -2.39. The van der Waals surface area contributed by atoms with Crippen LogP contribution in [-0.4, -0.2) is 57.2 Å². The third-order valence-electron chi connectivity index (χ3n) is 6.07. The molecule has 0 spiro atoms. The molecule has 150 valence electrons. The molecular formula is C22H26N5OP. The quantitative estimate of drug-likeness (QED) is 0.717. The molecule has 0 aliphatic carbocycles. The van der Waals surface area contributed by atoms with Gasteiger partial charge in [-0.15, -0.1) is 0 Å². The van der Waals surface area contributed by atoms with Gasteiger partial charge in [-0.05, 0) is 69.3 Å². The molecule has 0 saturated carbocycles. The predicted octanol–water partition coefficient (Wildman–Crippen LogP) is 3.41. The minimum atomic E-state index is 0.0260. The number of piperidine rings is 1. The number of hydrogen-bond acceptors (Lipinski definition) is 4. The molecule has 5 rings (SSSR count). The van der Waals surface area contributed by atoms with Crippen molar-refractivity contribution in [2.45, 2.75) is 32.5 Å². The summed E-state index contributed by atoms with van der Waals surface area (Å²) < 4.78 is 2.06. The van der Waals surface area contributed by atoms with Crippen molar-refractivity contribution < 1.29 is 4.79 Å². The Morgan fingerprint density at radius 1 is 1.17 bits per heavy atom. The molecular weight excluding hydrogens is 381 g/mol. The number of imidazole rings is 1. The number of allylic oxidation sites excluding steroid dienone is 1. The zero-order chi connectivity index (χ0) is 20.1. The summed E-state index contributed by atoms with van der Waals surface area (Å²) in [6.45, 7) is 6.26. The molecule has 1 fully saturated rings. The topological polar surface area (TPSA) is 53.2 Å². The number of aliphatic imine (C=N–C) groups is 1. The van der Waals surface area contributed by atoms with Crippen molar-refractivity contribution in [2.24, 2.45) is 10.9 Å². The van der Waals surface area contributed by atoms with Crippen molar-refractivity contribution in [1.82, 2.24) is 19.2 Å². The highest BCUT2D eigenvalue weighted by molar-refractivity contribution is 7.52. The molecule has 3 aliphatic heterocycles. The monoisotopic (exact) mass is 407 g/mol. The lowest BCUT2D eigenvalue weighted by Gasteiger charge is -2.36. The SMILES string of the molecule is Cc1cn2cc(C3=CC(=O)N4C=C(C5CCN(C)CC5)N=CC4P3)cc(C)c2n1. The largest absolute Gasteiger partial charge is 0.306 e. The van der Waals surface area contributed by atoms with Crippen LogP contribution in [0.5, 0.6) is 0 Å². The minimum absolute atomic E-state index is 0.0260. The molecule has 7 heteroatoms. The van der Waals surface area contributed by atoms with Crippen LogP contribution in [0.4, 0.5) is 0 Å². The molecule has 1 saturated heterocycles. The summed E-state index contributed by atoms with van der Waals surface area (Å²) in [6, 6.07) is 2.14. The Bertz CT molecular complexity index is 1070. The Morgan fingerprint density at radius 2 is 1.97 bits per heavy atom. The molecule has 5 heterocycles. The minimum Gasteiger partial charge on any atom is -0.306 e. The van der Waals surface area contributed by atoms with Crippen LogP contribution in [0.3, 0.4) is 0 Å². The van der Waals surface area contributed by atoms with Crippen LogP contribution in [0.2, 0.25) is 0 Å². The standard InChI is InChI=1S/C22H26N5OP/c1-14-8-17(12-26-11-15(2)24-22(14)26)19-9-20(28)27-13-18(23-10-21(27)29-19)16-4-6-25(3)7-5-16/h8-13,16,21,29H,4-7H2,1-3H3. The third-order valence-corrected chi connectivity index (χ3v) is 7.53. The number of amides is 1. The summed E-state index contributed by atoms with van der Waals surface area (Å²) in [5.41, 5.74) is 5.26. The lowest BCUT2D eigenvalue weighted by molar-refractivity contribution is -0.123. The van der Waals surface area contributed by atoms with E-state index in [9.17, 15) is 4.79 Å². The number of pyridine rings is 1. The van der Waals surface area contributed by atoms with Crippen LogP contribution in [0.15, 0.2) is 41.4 Å². The fourth-order valence-electron chi connectivity index (χ4n) is 4.41. The van der Waals surface area contributed by atoms with Gasteiger partial charge in [0.05, 0.1) is 17.2 Å². The van der Waals surface area contributed by atoms with Crippen molar-refractivity contribution in [3.63, 3.8) is 0 Å². The number of likely N-dealkylation sites (tertiary alicyclic amines) is 1. The van der Waals surface area contributed by atoms with E-state index in [1.807, 2.05) is 30.4 Å². The predicted molar refractivity (Wildman–Crippen MR) is 118 cm³/mol. The van der Waals surface area contributed by atoms with Gasteiger partial charge in [0.1, 0.15) is 5.65 Å². The van der Waals surface area contributed by atoms with Crippen molar-refractivity contribution in [1.29, 1.82) is 0 Å². The van der Waals surface area contributed by atoms with E-state index in [0.717, 1.165) is 59.4 Å². The normalized spacial score (nSPS) is 24.2. The molecule has 0 N–H and O–H groups in total. The highest BCUT2D eigenvalue weighted by Gasteiger charge is 2.31. The molecule has 2 unspecified atom stereocenters. The average Bonchev–Trinajstić information content (AvgIpc) is 3.09. The zero-order valence-electron chi connectivity index (χ0n) is 17.1. The van der Waals surface area contributed by atoms with Crippen molar-refractivity contribution in [3.05, 3.63) is 53.3 Å². The second-order valence-corrected chi connectivity index (χ2v) is 9.75. The first-order chi connectivity index (χ1) is 14.0. The molecule has 1 amide bonds. The van der Waals surface area contributed by atoms with E-state index in [-0.39, 0.29) is 11.7 Å². The van der Waals surface area contributed by atoms with E-state index in [4.69, 9.17) is 4.99 Å². The van der Waals surface area contributed by atoms with Gasteiger partial charge < -0.3 is 14.2 Å². The Kier molecular flexibility index (Phi) is 4.64. The first-order valence-electron chi connectivity index (χ1n) is 10.2. The number of rotatable bonds is 2. The van der Waals surface area contributed by atoms with Gasteiger partial charge in [0, 0.05) is 36.8 Å². The van der Waals surface area contributed by atoms with Crippen LogP contribution in [0.25, 0.3) is 11.0 Å². The van der Waals surface area contributed by atoms with Crippen LogP contribution < -0.4 is 0 Å². The van der Waals surface area contributed by atoms with Crippen LogP contribution in [0, 0.1) is 19.8 Å². The second-order valence-electron chi connectivity index (χ2n) is 8.33. The molecule has 2 aromatic rings. The maximum absolute atomic E-state index is 13.0. The fraction of sp³-hybridized carbons (Fsp3) is 0.409. The third kappa shape index (κ3) is 3.45. The summed E-state index contributed by atoms with van der Waals surface area (Å²) in [5.74, 6) is 0.539. The summed E-state index contributed by atoms with van der Waals surface area (Å²) in [6.07, 6.45) is 12.1. The number of carbonyl (C=O) groups excluding carboxylic acids is 1. The van der Waals surface area contributed by atoms with Gasteiger partial charge in [0.2, 0.25) is 0 Å². The van der Waals surface area contributed by atoms with E-state index in [2.05, 4.69) is 40.5 Å². The van der Waals surface area contributed by atoms with E-state index in [1.54, 1.807) is 6.08 Å². The number of hydrogen-bond donors (Lipinski definition) is 0. The zero-order valence-corrected chi connectivity index (χ0v) is 18.1. The van der Waals surface area contributed by atoms with Gasteiger partial charge in [-0.25, -0.2) is 4.98 Å². The second kappa shape index (κ2) is 7.19. The smallest absolute Gasteiger partial charge is 0.252 e. The molecule has 2 aromatic heterocycles. The Labute approximate surface area is 172 Å². The highest BCUT2D eigenvalue weighted by atomic mass is 31.1. The van der Waals surface area contributed by atoms with E-state index < -0.39 is 0 Å². The summed E-state index contributed by atoms with van der Waals surface area (Å²) >= 11 is 0. The molecule has 3 aliphatic rings. The Balaban J connectivity index is 1.42. The summed E-state index contributed by atoms with van der Waals surface area (Å²) in [7, 11) is 2.65. The van der Waals surface area contributed by atoms with Gasteiger partial charge >= 0.3 is 0 Å². The van der Waals surface area contributed by atoms with Crippen LogP contribution in [0.1, 0.15) is 29.7 Å². The van der Waals surface area contributed by atoms with Gasteiger partial charge in [-0.3, -0.25) is 9.79 Å². The Morgan fingerprint density at radius 3 is 2.76 bits per heavy atom. The van der Waals surface area contributed by atoms with Gasteiger partial charge in [0.15, 0.2) is 0 Å². The van der Waals surface area contributed by atoms with Gasteiger partial charge in [0.25, 0.3) is 5.91 Å². The highest BCUT2D eigenvalue weighted by Crippen LogP contribution is 2.44. The molecule has 29 heavy (non-hydrogen) atoms. The molecule has 6 nitrogen and oxygen atoms in total. The first kappa shape index (κ1) is 18.7. The lowest BCUT2D eigenvalue weighted by atomic mass is 9.94. The van der Waals surface area contributed by atoms with Crippen molar-refractivity contribution >= 4 is 31.7 Å². The maximum atomic E-state index is 13.0. The number of aromatic nitrogens is 2. The van der Waals surface area contributed by atoms with E-state index in [0.29, 0.717) is 14.5 Å². The molecule has 0 bridgehead atoms.